The third kappa shape index (κ3) is 4.53. The van der Waals surface area contributed by atoms with E-state index < -0.39 is 11.9 Å². The van der Waals surface area contributed by atoms with Crippen LogP contribution >= 0.6 is 11.8 Å². The molecule has 0 aliphatic heterocycles. The van der Waals surface area contributed by atoms with Crippen LogP contribution in [0.15, 0.2) is 46.5 Å². The van der Waals surface area contributed by atoms with Gasteiger partial charge in [-0.05, 0) is 26.0 Å². The van der Waals surface area contributed by atoms with E-state index in [-0.39, 0.29) is 22.5 Å². The van der Waals surface area contributed by atoms with Crippen molar-refractivity contribution in [1.82, 2.24) is 30.4 Å². The lowest BCUT2D eigenvalue weighted by molar-refractivity contribution is -0.117. The van der Waals surface area contributed by atoms with Gasteiger partial charge in [0.05, 0.1) is 17.6 Å². The van der Waals surface area contributed by atoms with Crippen molar-refractivity contribution in [3.63, 3.8) is 0 Å². The molecule has 10 heteroatoms. The summed E-state index contributed by atoms with van der Waals surface area (Å²) in [5, 5.41) is 9.62. The Labute approximate surface area is 158 Å². The molecule has 9 nitrogen and oxygen atoms in total. The van der Waals surface area contributed by atoms with Crippen LogP contribution in [0.3, 0.4) is 0 Å². The number of H-pyrrole nitrogens is 1. The molecule has 1 aromatic carbocycles. The fourth-order valence-corrected chi connectivity index (χ4v) is 2.98. The first-order valence-electron chi connectivity index (χ1n) is 8.20. The minimum Gasteiger partial charge on any atom is -0.336 e. The van der Waals surface area contributed by atoms with Crippen molar-refractivity contribution in [2.75, 3.05) is 5.75 Å². The summed E-state index contributed by atoms with van der Waals surface area (Å²) in [6, 6.07) is 8.66. The van der Waals surface area contributed by atoms with Crippen LogP contribution in [0.1, 0.15) is 13.8 Å². The van der Waals surface area contributed by atoms with Crippen molar-refractivity contribution in [2.45, 2.75) is 25.0 Å². The molecule has 0 spiro atoms. The highest BCUT2D eigenvalue weighted by molar-refractivity contribution is 7.99. The number of imide groups is 1. The average molecular weight is 386 g/mol. The van der Waals surface area contributed by atoms with Crippen molar-refractivity contribution in [3.8, 4) is 5.69 Å². The summed E-state index contributed by atoms with van der Waals surface area (Å²) in [7, 11) is 0. The van der Waals surface area contributed by atoms with Gasteiger partial charge in [-0.2, -0.15) is 5.10 Å². The molecule has 0 saturated carbocycles. The number of aromatic nitrogens is 4. The van der Waals surface area contributed by atoms with E-state index in [2.05, 4.69) is 25.7 Å². The number of fused-ring (bicyclic) bond motifs is 1. The molecule has 2 aromatic heterocycles. The lowest BCUT2D eigenvalue weighted by Crippen LogP contribution is -2.43. The van der Waals surface area contributed by atoms with Crippen LogP contribution in [0.2, 0.25) is 0 Å². The van der Waals surface area contributed by atoms with E-state index in [0.29, 0.717) is 11.0 Å². The number of nitrogens with one attached hydrogen (secondary N) is 3. The molecule has 3 N–H and O–H groups in total. The van der Waals surface area contributed by atoms with Gasteiger partial charge >= 0.3 is 6.03 Å². The summed E-state index contributed by atoms with van der Waals surface area (Å²) in [4.78, 5) is 42.7. The zero-order valence-electron chi connectivity index (χ0n) is 14.7. The smallest absolute Gasteiger partial charge is 0.321 e. The SMILES string of the molecule is CC(C)NC(=O)NC(=O)CSc1nc2c(cnn2-c2ccccc2)c(=O)[nH]1. The first kappa shape index (κ1) is 18.6. The van der Waals surface area contributed by atoms with Crippen molar-refractivity contribution < 1.29 is 9.59 Å². The normalized spacial score (nSPS) is 10.9. The minimum absolute atomic E-state index is 0.0700. The van der Waals surface area contributed by atoms with Crippen molar-refractivity contribution in [2.24, 2.45) is 0 Å². The zero-order chi connectivity index (χ0) is 19.4. The maximum absolute atomic E-state index is 12.3. The predicted molar refractivity (Wildman–Crippen MR) is 102 cm³/mol. The van der Waals surface area contributed by atoms with Gasteiger partial charge in [-0.25, -0.2) is 14.5 Å². The molecule has 140 valence electrons. The van der Waals surface area contributed by atoms with E-state index in [0.717, 1.165) is 17.4 Å². The largest absolute Gasteiger partial charge is 0.336 e. The second kappa shape index (κ2) is 8.04. The number of rotatable bonds is 5. The van der Waals surface area contributed by atoms with Crippen LogP contribution in [-0.2, 0) is 4.79 Å². The van der Waals surface area contributed by atoms with Crippen molar-refractivity contribution in [1.29, 1.82) is 0 Å². The van der Waals surface area contributed by atoms with Crippen LogP contribution in [0.5, 0.6) is 0 Å². The molecule has 27 heavy (non-hydrogen) atoms. The molecular weight excluding hydrogens is 368 g/mol. The molecule has 0 fully saturated rings. The van der Waals surface area contributed by atoms with E-state index in [1.54, 1.807) is 18.5 Å². The Kier molecular flexibility index (Phi) is 5.55. The number of nitrogens with zero attached hydrogens (tertiary/aromatic N) is 3. The summed E-state index contributed by atoms with van der Waals surface area (Å²) in [5.74, 6) is -0.558. The summed E-state index contributed by atoms with van der Waals surface area (Å²) < 4.78 is 1.56. The Morgan fingerprint density at radius 2 is 2.00 bits per heavy atom. The number of urea groups is 1. The highest BCUT2D eigenvalue weighted by atomic mass is 32.2. The Balaban J connectivity index is 1.77. The molecule has 0 atom stereocenters. The number of thioether (sulfide) groups is 1. The topological polar surface area (TPSA) is 122 Å². The average Bonchev–Trinajstić information content (AvgIpc) is 3.04. The monoisotopic (exact) mass is 386 g/mol. The van der Waals surface area contributed by atoms with Crippen LogP contribution < -0.4 is 16.2 Å². The quantitative estimate of drug-likeness (QED) is 0.450. The van der Waals surface area contributed by atoms with Gasteiger partial charge in [0.1, 0.15) is 5.39 Å². The lowest BCUT2D eigenvalue weighted by atomic mass is 10.3. The molecule has 0 radical (unpaired) electrons. The predicted octanol–water partition coefficient (Wildman–Crippen LogP) is 1.44. The maximum Gasteiger partial charge on any atom is 0.321 e. The van der Waals surface area contributed by atoms with Gasteiger partial charge in [-0.3, -0.25) is 14.9 Å². The number of aromatic amines is 1. The summed E-state index contributed by atoms with van der Waals surface area (Å²) in [6.45, 7) is 3.58. The van der Waals surface area contributed by atoms with Crippen LogP contribution in [0.4, 0.5) is 4.79 Å². The number of hydrogen-bond acceptors (Lipinski definition) is 6. The van der Waals surface area contributed by atoms with E-state index in [9.17, 15) is 14.4 Å². The fraction of sp³-hybridized carbons (Fsp3) is 0.235. The second-order valence-corrected chi connectivity index (χ2v) is 6.93. The highest BCUT2D eigenvalue weighted by Crippen LogP contribution is 2.17. The number of para-hydroxylation sites is 1. The molecule has 0 saturated heterocycles. The van der Waals surface area contributed by atoms with Gasteiger partial charge in [0, 0.05) is 6.04 Å². The second-order valence-electron chi connectivity index (χ2n) is 5.97. The van der Waals surface area contributed by atoms with Crippen LogP contribution in [0, 0.1) is 0 Å². The zero-order valence-corrected chi connectivity index (χ0v) is 15.5. The van der Waals surface area contributed by atoms with E-state index in [4.69, 9.17) is 0 Å². The molecule has 0 unspecified atom stereocenters. The Hall–Kier alpha value is -3.14. The minimum atomic E-state index is -0.561. The molecule has 3 rings (SSSR count). The standard InChI is InChI=1S/C17H18N6O3S/c1-10(2)19-16(26)20-13(24)9-27-17-21-14-12(15(25)22-17)8-18-23(14)11-6-4-3-5-7-11/h3-8,10H,9H2,1-2H3,(H,21,22,25)(H2,19,20,24,26). The first-order valence-corrected chi connectivity index (χ1v) is 9.19. The van der Waals surface area contributed by atoms with E-state index >= 15 is 0 Å². The van der Waals surface area contributed by atoms with Gasteiger partial charge < -0.3 is 10.3 Å². The number of benzene rings is 1. The molecule has 3 aromatic rings. The Morgan fingerprint density at radius 3 is 2.70 bits per heavy atom. The number of amides is 3. The van der Waals surface area contributed by atoms with Crippen LogP contribution in [-0.4, -0.2) is 43.5 Å². The van der Waals surface area contributed by atoms with E-state index in [1.165, 1.54) is 6.20 Å². The van der Waals surface area contributed by atoms with E-state index in [1.807, 2.05) is 30.3 Å². The van der Waals surface area contributed by atoms with Gasteiger partial charge in [0.25, 0.3) is 5.56 Å². The summed E-state index contributed by atoms with van der Waals surface area (Å²) >= 11 is 1.03. The molecule has 2 heterocycles. The molecule has 0 aliphatic carbocycles. The number of carbonyl (C=O) groups is 2. The molecule has 3 amide bonds. The molecule has 0 bridgehead atoms. The Morgan fingerprint density at radius 1 is 1.26 bits per heavy atom. The molecular formula is C17H18N6O3S. The van der Waals surface area contributed by atoms with Gasteiger partial charge in [0.15, 0.2) is 10.8 Å². The Bertz CT molecular complexity index is 1030. The first-order chi connectivity index (χ1) is 12.9. The third-order valence-electron chi connectivity index (χ3n) is 3.43. The van der Waals surface area contributed by atoms with Gasteiger partial charge in [-0.1, -0.05) is 30.0 Å². The van der Waals surface area contributed by atoms with Gasteiger partial charge in [-0.15, -0.1) is 0 Å². The molecule has 0 aliphatic rings. The lowest BCUT2D eigenvalue weighted by Gasteiger charge is -2.08. The number of hydrogen-bond donors (Lipinski definition) is 3. The maximum atomic E-state index is 12.3. The van der Waals surface area contributed by atoms with Gasteiger partial charge in [0.2, 0.25) is 5.91 Å². The number of carbonyl (C=O) groups excluding carboxylic acids is 2. The summed E-state index contributed by atoms with van der Waals surface area (Å²) in [5.41, 5.74) is 0.817. The highest BCUT2D eigenvalue weighted by Gasteiger charge is 2.14. The van der Waals surface area contributed by atoms with Crippen molar-refractivity contribution >= 4 is 34.7 Å². The van der Waals surface area contributed by atoms with Crippen LogP contribution in [0.25, 0.3) is 16.7 Å². The summed E-state index contributed by atoms with van der Waals surface area (Å²) in [6.07, 6.45) is 1.45. The van der Waals surface area contributed by atoms with Crippen molar-refractivity contribution in [3.05, 3.63) is 46.9 Å². The third-order valence-corrected chi connectivity index (χ3v) is 4.30. The fourth-order valence-electron chi connectivity index (χ4n) is 2.32.